The highest BCUT2D eigenvalue weighted by atomic mass is 32.2. The van der Waals surface area contributed by atoms with Crippen LogP contribution in [0.2, 0.25) is 0 Å². The lowest BCUT2D eigenvalue weighted by Crippen LogP contribution is -2.30. The lowest BCUT2D eigenvalue weighted by atomic mass is 10.6. The van der Waals surface area contributed by atoms with E-state index in [-0.39, 0.29) is 0 Å². The molecule has 4 heteroatoms. The molecule has 1 aliphatic heterocycles. The van der Waals surface area contributed by atoms with Crippen molar-refractivity contribution in [3.05, 3.63) is 0 Å². The van der Waals surface area contributed by atoms with E-state index in [4.69, 9.17) is 12.2 Å². The first-order chi connectivity index (χ1) is 4.75. The van der Waals surface area contributed by atoms with E-state index in [9.17, 15) is 0 Å². The first kappa shape index (κ1) is 8.68. The third-order valence-electron chi connectivity index (χ3n) is 1.57. The van der Waals surface area contributed by atoms with Crippen LogP contribution in [0.4, 0.5) is 0 Å². The molecular weight excluding hydrogens is 182 g/mol. The minimum absolute atomic E-state index is 0.558. The summed E-state index contributed by atoms with van der Waals surface area (Å²) >= 11 is 8.80. The summed E-state index contributed by atoms with van der Waals surface area (Å²) in [4.78, 5) is 2.28. The van der Waals surface area contributed by atoms with Crippen molar-refractivity contribution in [2.24, 2.45) is 0 Å². The van der Waals surface area contributed by atoms with Gasteiger partial charge in [0.05, 0.1) is 5.37 Å². The second-order valence-corrected chi connectivity index (χ2v) is 5.03. The van der Waals surface area contributed by atoms with Crippen molar-refractivity contribution < 1.29 is 0 Å². The average molecular weight is 193 g/mol. The van der Waals surface area contributed by atoms with Crippen molar-refractivity contribution in [1.82, 2.24) is 4.90 Å². The van der Waals surface area contributed by atoms with Crippen molar-refractivity contribution in [2.75, 3.05) is 18.6 Å². The normalized spacial score (nSPS) is 21.8. The molecule has 0 saturated carbocycles. The van der Waals surface area contributed by atoms with E-state index >= 15 is 0 Å². The second-order valence-electron chi connectivity index (χ2n) is 2.14. The Morgan fingerprint density at radius 2 is 2.50 bits per heavy atom. The Balaban J connectivity index is 2.46. The Morgan fingerprint density at radius 1 is 1.80 bits per heavy atom. The molecule has 0 amide bonds. The molecular formula is C6H11NS3. The quantitative estimate of drug-likeness (QED) is 0.617. The monoisotopic (exact) mass is 193 g/mol. The van der Waals surface area contributed by atoms with Gasteiger partial charge in [-0.05, 0) is 13.2 Å². The summed E-state index contributed by atoms with van der Waals surface area (Å²) in [5.74, 6) is 1.17. The van der Waals surface area contributed by atoms with Gasteiger partial charge in [-0.15, -0.1) is 11.8 Å². The summed E-state index contributed by atoms with van der Waals surface area (Å²) < 4.78 is 1.07. The highest BCUT2D eigenvalue weighted by molar-refractivity contribution is 8.23. The summed E-state index contributed by atoms with van der Waals surface area (Å²) in [7, 11) is 0. The molecule has 0 N–H and O–H groups in total. The zero-order chi connectivity index (χ0) is 7.56. The standard InChI is InChI=1S/C6H11NS3/c1-5(9-2)7-3-4-10-6(7)8/h5H,3-4H2,1-2H3. The minimum Gasteiger partial charge on any atom is -0.345 e. The fourth-order valence-electron chi connectivity index (χ4n) is 0.863. The highest BCUT2D eigenvalue weighted by Gasteiger charge is 2.21. The summed E-state index contributed by atoms with van der Waals surface area (Å²) in [5, 5.41) is 0.558. The zero-order valence-corrected chi connectivity index (χ0v) is 8.61. The topological polar surface area (TPSA) is 3.24 Å². The van der Waals surface area contributed by atoms with Crippen LogP contribution in [0, 0.1) is 0 Å². The number of hydrogen-bond donors (Lipinski definition) is 0. The zero-order valence-electron chi connectivity index (χ0n) is 6.16. The fraction of sp³-hybridized carbons (Fsp3) is 0.833. The largest absolute Gasteiger partial charge is 0.345 e. The SMILES string of the molecule is CSC(C)N1CCSC1=S. The van der Waals surface area contributed by atoms with Crippen LogP contribution in [-0.4, -0.2) is 33.1 Å². The molecule has 0 aliphatic carbocycles. The van der Waals surface area contributed by atoms with Crippen molar-refractivity contribution in [3.63, 3.8) is 0 Å². The number of rotatable bonds is 2. The van der Waals surface area contributed by atoms with E-state index in [2.05, 4.69) is 18.1 Å². The van der Waals surface area contributed by atoms with Crippen LogP contribution in [0.1, 0.15) is 6.92 Å². The predicted molar refractivity (Wildman–Crippen MR) is 54.7 cm³/mol. The summed E-state index contributed by atoms with van der Waals surface area (Å²) in [6, 6.07) is 0. The Hall–Kier alpha value is 0.590. The minimum atomic E-state index is 0.558. The maximum atomic E-state index is 5.16. The van der Waals surface area contributed by atoms with Gasteiger partial charge in [-0.1, -0.05) is 24.0 Å². The molecule has 58 valence electrons. The van der Waals surface area contributed by atoms with Gasteiger partial charge in [0.1, 0.15) is 4.32 Å². The van der Waals surface area contributed by atoms with Gasteiger partial charge in [0.15, 0.2) is 0 Å². The Kier molecular flexibility index (Phi) is 3.33. The molecule has 1 rings (SSSR count). The van der Waals surface area contributed by atoms with Gasteiger partial charge in [0.25, 0.3) is 0 Å². The molecule has 1 fully saturated rings. The van der Waals surface area contributed by atoms with Crippen molar-refractivity contribution in [1.29, 1.82) is 0 Å². The third kappa shape index (κ3) is 1.80. The van der Waals surface area contributed by atoms with Gasteiger partial charge in [0, 0.05) is 12.3 Å². The van der Waals surface area contributed by atoms with Gasteiger partial charge in [-0.25, -0.2) is 0 Å². The van der Waals surface area contributed by atoms with Gasteiger partial charge in [0.2, 0.25) is 0 Å². The van der Waals surface area contributed by atoms with Crippen LogP contribution in [0.25, 0.3) is 0 Å². The first-order valence-electron chi connectivity index (χ1n) is 3.22. The summed E-state index contributed by atoms with van der Waals surface area (Å²) in [6.07, 6.45) is 2.12. The molecule has 0 aromatic heterocycles. The summed E-state index contributed by atoms with van der Waals surface area (Å²) in [6.45, 7) is 3.33. The molecule has 1 unspecified atom stereocenters. The maximum absolute atomic E-state index is 5.16. The van der Waals surface area contributed by atoms with Crippen LogP contribution in [0.3, 0.4) is 0 Å². The van der Waals surface area contributed by atoms with E-state index in [1.54, 1.807) is 11.8 Å². The van der Waals surface area contributed by atoms with Crippen molar-refractivity contribution in [2.45, 2.75) is 12.3 Å². The Bertz CT molecular complexity index is 137. The number of hydrogen-bond acceptors (Lipinski definition) is 3. The molecule has 1 atom stereocenters. The molecule has 1 aliphatic rings. The van der Waals surface area contributed by atoms with E-state index in [1.807, 2.05) is 11.8 Å². The lowest BCUT2D eigenvalue weighted by molar-refractivity contribution is 0.463. The van der Waals surface area contributed by atoms with Crippen LogP contribution < -0.4 is 0 Å². The number of thioether (sulfide) groups is 2. The van der Waals surface area contributed by atoms with Crippen LogP contribution >= 0.6 is 35.7 Å². The summed E-state index contributed by atoms with van der Waals surface area (Å²) in [5.41, 5.74) is 0. The van der Waals surface area contributed by atoms with Crippen molar-refractivity contribution in [3.8, 4) is 0 Å². The van der Waals surface area contributed by atoms with Gasteiger partial charge in [-0.3, -0.25) is 0 Å². The molecule has 1 nitrogen and oxygen atoms in total. The van der Waals surface area contributed by atoms with Gasteiger partial charge < -0.3 is 4.90 Å². The Morgan fingerprint density at radius 3 is 2.90 bits per heavy atom. The van der Waals surface area contributed by atoms with E-state index in [0.29, 0.717) is 5.37 Å². The van der Waals surface area contributed by atoms with Crippen LogP contribution in [-0.2, 0) is 0 Å². The molecule has 0 aromatic rings. The molecule has 0 aromatic carbocycles. The maximum Gasteiger partial charge on any atom is 0.137 e. The molecule has 10 heavy (non-hydrogen) atoms. The predicted octanol–water partition coefficient (Wildman–Crippen LogP) is 2.03. The van der Waals surface area contributed by atoms with Crippen LogP contribution in [0.5, 0.6) is 0 Å². The second kappa shape index (κ2) is 3.83. The smallest absolute Gasteiger partial charge is 0.137 e. The number of thiocarbonyl (C=S) groups is 1. The fourth-order valence-corrected chi connectivity index (χ4v) is 2.84. The molecule has 0 bridgehead atoms. The highest BCUT2D eigenvalue weighted by Crippen LogP contribution is 2.24. The first-order valence-corrected chi connectivity index (χ1v) is 5.90. The lowest BCUT2D eigenvalue weighted by Gasteiger charge is -2.22. The Labute approximate surface area is 75.9 Å². The van der Waals surface area contributed by atoms with Crippen molar-refractivity contribution >= 4 is 40.1 Å². The van der Waals surface area contributed by atoms with E-state index in [0.717, 1.165) is 10.9 Å². The van der Waals surface area contributed by atoms with Crippen LogP contribution in [0.15, 0.2) is 0 Å². The van der Waals surface area contributed by atoms with E-state index in [1.165, 1.54) is 5.75 Å². The molecule has 1 heterocycles. The average Bonchev–Trinajstić information content (AvgIpc) is 2.34. The van der Waals surface area contributed by atoms with E-state index < -0.39 is 0 Å². The number of nitrogens with zero attached hydrogens (tertiary/aromatic N) is 1. The molecule has 1 saturated heterocycles. The molecule has 0 spiro atoms. The van der Waals surface area contributed by atoms with Gasteiger partial charge >= 0.3 is 0 Å². The molecule has 0 radical (unpaired) electrons. The van der Waals surface area contributed by atoms with Gasteiger partial charge in [-0.2, -0.15) is 0 Å². The third-order valence-corrected chi connectivity index (χ3v) is 3.97.